The van der Waals surface area contributed by atoms with Gasteiger partial charge in [0.25, 0.3) is 0 Å². The first kappa shape index (κ1) is 14.8. The van der Waals surface area contributed by atoms with E-state index in [1.807, 2.05) is 20.8 Å². The lowest BCUT2D eigenvalue weighted by Gasteiger charge is -2.29. The van der Waals surface area contributed by atoms with Crippen LogP contribution in [0.5, 0.6) is 0 Å². The molecule has 4 nitrogen and oxygen atoms in total. The fourth-order valence-electron chi connectivity index (χ4n) is 1.43. The number of hydrogen-bond donors (Lipinski definition) is 3. The first-order valence-electron chi connectivity index (χ1n) is 5.77. The molecule has 1 rings (SSSR count). The van der Waals surface area contributed by atoms with Crippen LogP contribution in [0.4, 0.5) is 10.5 Å². The Morgan fingerprint density at radius 2 is 2.11 bits per heavy atom. The van der Waals surface area contributed by atoms with Gasteiger partial charge in [-0.3, -0.25) is 0 Å². The van der Waals surface area contributed by atoms with Crippen molar-refractivity contribution >= 4 is 23.3 Å². The summed E-state index contributed by atoms with van der Waals surface area (Å²) in [4.78, 5) is 11.8. The van der Waals surface area contributed by atoms with Crippen LogP contribution >= 0.6 is 11.6 Å². The van der Waals surface area contributed by atoms with E-state index in [1.54, 1.807) is 24.3 Å². The van der Waals surface area contributed by atoms with Crippen LogP contribution in [0.2, 0.25) is 5.02 Å². The maximum absolute atomic E-state index is 11.8. The van der Waals surface area contributed by atoms with Crippen LogP contribution in [0.25, 0.3) is 0 Å². The van der Waals surface area contributed by atoms with Gasteiger partial charge in [0.1, 0.15) is 0 Å². The number of urea groups is 1. The van der Waals surface area contributed by atoms with Gasteiger partial charge in [-0.05, 0) is 23.6 Å². The lowest BCUT2D eigenvalue weighted by molar-refractivity contribution is 0.162. The molecule has 1 aromatic rings. The topological polar surface area (TPSA) is 61.4 Å². The monoisotopic (exact) mass is 270 g/mol. The highest BCUT2D eigenvalue weighted by Crippen LogP contribution is 2.19. The Kier molecular flexibility index (Phi) is 4.99. The van der Waals surface area contributed by atoms with E-state index in [0.717, 1.165) is 0 Å². The van der Waals surface area contributed by atoms with Gasteiger partial charge in [-0.1, -0.05) is 38.4 Å². The standard InChI is InChI=1S/C13H19ClN2O2/c1-13(2,3)11(8-17)16-12(18)15-10-6-4-5-9(14)7-10/h4-7,11,17H,8H2,1-3H3,(H2,15,16,18)/t11-/m1/s1. The van der Waals surface area contributed by atoms with Crippen molar-refractivity contribution in [3.8, 4) is 0 Å². The van der Waals surface area contributed by atoms with E-state index in [-0.39, 0.29) is 24.1 Å². The normalized spacial score (nSPS) is 12.9. The largest absolute Gasteiger partial charge is 0.394 e. The number of amides is 2. The van der Waals surface area contributed by atoms with E-state index >= 15 is 0 Å². The van der Waals surface area contributed by atoms with E-state index < -0.39 is 0 Å². The quantitative estimate of drug-likeness (QED) is 0.791. The molecule has 18 heavy (non-hydrogen) atoms. The number of benzene rings is 1. The molecule has 0 bridgehead atoms. The van der Waals surface area contributed by atoms with Gasteiger partial charge >= 0.3 is 6.03 Å². The smallest absolute Gasteiger partial charge is 0.319 e. The predicted octanol–water partition coefficient (Wildman–Crippen LogP) is 2.87. The molecule has 0 aromatic heterocycles. The Hall–Kier alpha value is -1.26. The van der Waals surface area contributed by atoms with E-state index in [4.69, 9.17) is 11.6 Å². The summed E-state index contributed by atoms with van der Waals surface area (Å²) >= 11 is 5.82. The number of carbonyl (C=O) groups is 1. The molecule has 0 saturated carbocycles. The first-order chi connectivity index (χ1) is 8.32. The van der Waals surface area contributed by atoms with Gasteiger partial charge in [0, 0.05) is 10.7 Å². The molecular formula is C13H19ClN2O2. The van der Waals surface area contributed by atoms with Crippen LogP contribution in [-0.2, 0) is 0 Å². The molecule has 0 aliphatic carbocycles. The van der Waals surface area contributed by atoms with Crippen molar-refractivity contribution < 1.29 is 9.90 Å². The fraction of sp³-hybridized carbons (Fsp3) is 0.462. The van der Waals surface area contributed by atoms with Crippen molar-refractivity contribution in [1.29, 1.82) is 0 Å². The molecule has 2 amide bonds. The molecule has 0 aliphatic heterocycles. The molecule has 0 saturated heterocycles. The summed E-state index contributed by atoms with van der Waals surface area (Å²) in [5, 5.41) is 15.2. The number of nitrogens with one attached hydrogen (secondary N) is 2. The van der Waals surface area contributed by atoms with Crippen molar-refractivity contribution in [1.82, 2.24) is 5.32 Å². The molecule has 0 aliphatic rings. The summed E-state index contributed by atoms with van der Waals surface area (Å²) in [6, 6.07) is 6.23. The lowest BCUT2D eigenvalue weighted by atomic mass is 9.87. The molecule has 0 fully saturated rings. The number of carbonyl (C=O) groups excluding carboxylic acids is 1. The zero-order valence-corrected chi connectivity index (χ0v) is 11.6. The number of hydrogen-bond acceptors (Lipinski definition) is 2. The first-order valence-corrected chi connectivity index (χ1v) is 6.14. The molecule has 1 atom stereocenters. The van der Waals surface area contributed by atoms with Crippen molar-refractivity contribution in [2.75, 3.05) is 11.9 Å². The van der Waals surface area contributed by atoms with Gasteiger partial charge in [-0.25, -0.2) is 4.79 Å². The van der Waals surface area contributed by atoms with E-state index in [0.29, 0.717) is 10.7 Å². The Labute approximate surface area is 112 Å². The van der Waals surface area contributed by atoms with Crippen LogP contribution in [0.15, 0.2) is 24.3 Å². The second kappa shape index (κ2) is 6.07. The summed E-state index contributed by atoms with van der Waals surface area (Å²) in [6.45, 7) is 5.75. The minimum absolute atomic E-state index is 0.105. The summed E-state index contributed by atoms with van der Waals surface area (Å²) in [6.07, 6.45) is 0. The molecule has 0 unspecified atom stereocenters. The Bertz CT molecular complexity index is 416. The molecule has 0 heterocycles. The predicted molar refractivity (Wildman–Crippen MR) is 73.9 cm³/mol. The Morgan fingerprint density at radius 1 is 1.44 bits per heavy atom. The number of halogens is 1. The number of rotatable bonds is 3. The number of aliphatic hydroxyl groups excluding tert-OH is 1. The Balaban J connectivity index is 2.61. The fourth-order valence-corrected chi connectivity index (χ4v) is 1.62. The molecular weight excluding hydrogens is 252 g/mol. The maximum atomic E-state index is 11.8. The molecule has 5 heteroatoms. The lowest BCUT2D eigenvalue weighted by Crippen LogP contribution is -2.47. The van der Waals surface area contributed by atoms with Gasteiger partial charge in [0.05, 0.1) is 12.6 Å². The average molecular weight is 271 g/mol. The number of aliphatic hydroxyl groups is 1. The van der Waals surface area contributed by atoms with Gasteiger partial charge < -0.3 is 15.7 Å². The molecule has 3 N–H and O–H groups in total. The SMILES string of the molecule is CC(C)(C)[C@@H](CO)NC(=O)Nc1cccc(Cl)c1. The maximum Gasteiger partial charge on any atom is 0.319 e. The van der Waals surface area contributed by atoms with Gasteiger partial charge in [0.2, 0.25) is 0 Å². The highest BCUT2D eigenvalue weighted by Gasteiger charge is 2.25. The third-order valence-electron chi connectivity index (χ3n) is 2.62. The zero-order chi connectivity index (χ0) is 13.8. The molecule has 1 aromatic carbocycles. The third-order valence-corrected chi connectivity index (χ3v) is 2.85. The van der Waals surface area contributed by atoms with Crippen molar-refractivity contribution in [3.05, 3.63) is 29.3 Å². The number of anilines is 1. The summed E-state index contributed by atoms with van der Waals surface area (Å²) in [5.41, 5.74) is 0.408. The summed E-state index contributed by atoms with van der Waals surface area (Å²) in [5.74, 6) is 0. The average Bonchev–Trinajstić information content (AvgIpc) is 2.24. The second-order valence-corrected chi connectivity index (χ2v) is 5.65. The van der Waals surface area contributed by atoms with Gasteiger partial charge in [-0.2, -0.15) is 0 Å². The van der Waals surface area contributed by atoms with Gasteiger partial charge in [0.15, 0.2) is 0 Å². The van der Waals surface area contributed by atoms with Crippen LogP contribution in [0.3, 0.4) is 0 Å². The highest BCUT2D eigenvalue weighted by atomic mass is 35.5. The van der Waals surface area contributed by atoms with Crippen molar-refractivity contribution in [3.63, 3.8) is 0 Å². The summed E-state index contributed by atoms with van der Waals surface area (Å²) in [7, 11) is 0. The third kappa shape index (κ3) is 4.55. The second-order valence-electron chi connectivity index (χ2n) is 5.21. The van der Waals surface area contributed by atoms with Crippen LogP contribution < -0.4 is 10.6 Å². The molecule has 0 spiro atoms. The van der Waals surface area contributed by atoms with Crippen LogP contribution in [-0.4, -0.2) is 23.8 Å². The van der Waals surface area contributed by atoms with Crippen LogP contribution in [0, 0.1) is 5.41 Å². The Morgan fingerprint density at radius 3 is 2.61 bits per heavy atom. The highest BCUT2D eigenvalue weighted by molar-refractivity contribution is 6.30. The van der Waals surface area contributed by atoms with E-state index in [2.05, 4.69) is 10.6 Å². The van der Waals surface area contributed by atoms with E-state index in [9.17, 15) is 9.90 Å². The molecule has 100 valence electrons. The minimum Gasteiger partial charge on any atom is -0.394 e. The van der Waals surface area contributed by atoms with E-state index in [1.165, 1.54) is 0 Å². The minimum atomic E-state index is -0.355. The van der Waals surface area contributed by atoms with Crippen LogP contribution in [0.1, 0.15) is 20.8 Å². The summed E-state index contributed by atoms with van der Waals surface area (Å²) < 4.78 is 0. The van der Waals surface area contributed by atoms with Crippen molar-refractivity contribution in [2.24, 2.45) is 5.41 Å². The zero-order valence-electron chi connectivity index (χ0n) is 10.8. The van der Waals surface area contributed by atoms with Gasteiger partial charge in [-0.15, -0.1) is 0 Å². The molecule has 0 radical (unpaired) electrons. The van der Waals surface area contributed by atoms with Crippen molar-refractivity contribution in [2.45, 2.75) is 26.8 Å².